The third kappa shape index (κ3) is 2.84. The molecule has 1 aliphatic rings. The molecule has 1 atom stereocenters. The van der Waals surface area contributed by atoms with Crippen molar-refractivity contribution in [2.24, 2.45) is 0 Å². The van der Waals surface area contributed by atoms with E-state index in [2.05, 4.69) is 5.32 Å². The molecule has 108 valence electrons. The van der Waals surface area contributed by atoms with Gasteiger partial charge in [-0.2, -0.15) is 0 Å². The van der Waals surface area contributed by atoms with E-state index in [0.29, 0.717) is 12.1 Å². The summed E-state index contributed by atoms with van der Waals surface area (Å²) in [6.07, 6.45) is 0.786. The number of carbonyl (C=O) groups excluding carboxylic acids is 1. The Morgan fingerprint density at radius 2 is 2.14 bits per heavy atom. The quantitative estimate of drug-likeness (QED) is 0.909. The molecule has 0 fully saturated rings. The number of aromatic hydroxyl groups is 1. The van der Waals surface area contributed by atoms with Gasteiger partial charge in [0.05, 0.1) is 6.54 Å². The van der Waals surface area contributed by atoms with Crippen LogP contribution in [0.3, 0.4) is 0 Å². The molecular weight excluding hydrogens is 266 g/mol. The zero-order chi connectivity index (χ0) is 14.8. The first-order chi connectivity index (χ1) is 10.1. The van der Waals surface area contributed by atoms with Crippen molar-refractivity contribution in [1.82, 2.24) is 5.32 Å². The number of ether oxygens (including phenoxy) is 1. The van der Waals surface area contributed by atoms with Crippen LogP contribution < -0.4 is 10.1 Å². The Balaban J connectivity index is 1.60. The van der Waals surface area contributed by atoms with E-state index in [4.69, 9.17) is 4.74 Å². The maximum Gasteiger partial charge on any atom is 0.251 e. The van der Waals surface area contributed by atoms with Crippen molar-refractivity contribution in [3.05, 3.63) is 59.2 Å². The molecule has 1 heterocycles. The van der Waals surface area contributed by atoms with Crippen LogP contribution in [-0.2, 0) is 6.42 Å². The highest BCUT2D eigenvalue weighted by atomic mass is 16.5. The summed E-state index contributed by atoms with van der Waals surface area (Å²) in [6.45, 7) is 2.27. The van der Waals surface area contributed by atoms with Gasteiger partial charge in [-0.1, -0.05) is 18.2 Å². The molecule has 0 radical (unpaired) electrons. The number of rotatable bonds is 3. The second-order valence-corrected chi connectivity index (χ2v) is 5.26. The first-order valence-electron chi connectivity index (χ1n) is 6.96. The molecule has 0 bridgehead atoms. The molecule has 1 aliphatic heterocycles. The van der Waals surface area contributed by atoms with Crippen LogP contribution in [0.5, 0.6) is 11.5 Å². The van der Waals surface area contributed by atoms with E-state index in [1.54, 1.807) is 19.1 Å². The first kappa shape index (κ1) is 13.5. The third-order valence-corrected chi connectivity index (χ3v) is 3.66. The highest BCUT2D eigenvalue weighted by molar-refractivity contribution is 5.95. The number of aryl methyl sites for hydroxylation is 1. The molecule has 0 aromatic heterocycles. The normalized spacial score (nSPS) is 16.1. The molecule has 0 aliphatic carbocycles. The van der Waals surface area contributed by atoms with Gasteiger partial charge in [-0.15, -0.1) is 0 Å². The largest absolute Gasteiger partial charge is 0.508 e. The Morgan fingerprint density at radius 1 is 1.33 bits per heavy atom. The molecule has 1 amide bonds. The van der Waals surface area contributed by atoms with E-state index in [0.717, 1.165) is 17.7 Å². The fourth-order valence-electron chi connectivity index (χ4n) is 2.57. The van der Waals surface area contributed by atoms with E-state index in [-0.39, 0.29) is 17.8 Å². The zero-order valence-corrected chi connectivity index (χ0v) is 11.8. The zero-order valence-electron chi connectivity index (χ0n) is 11.8. The Bertz CT molecular complexity index is 656. The smallest absolute Gasteiger partial charge is 0.251 e. The Labute approximate surface area is 123 Å². The van der Waals surface area contributed by atoms with Gasteiger partial charge in [-0.3, -0.25) is 4.79 Å². The van der Waals surface area contributed by atoms with Gasteiger partial charge in [0.2, 0.25) is 0 Å². The highest BCUT2D eigenvalue weighted by Gasteiger charge is 2.23. The summed E-state index contributed by atoms with van der Waals surface area (Å²) < 4.78 is 5.79. The average molecular weight is 283 g/mol. The molecule has 2 N–H and O–H groups in total. The number of hydrogen-bond donors (Lipinski definition) is 2. The molecule has 4 nitrogen and oxygen atoms in total. The van der Waals surface area contributed by atoms with Gasteiger partial charge in [0.15, 0.2) is 0 Å². The van der Waals surface area contributed by atoms with Crippen molar-refractivity contribution in [3.8, 4) is 11.5 Å². The second kappa shape index (κ2) is 5.48. The lowest BCUT2D eigenvalue weighted by molar-refractivity contribution is 0.0933. The van der Waals surface area contributed by atoms with Gasteiger partial charge in [0.25, 0.3) is 5.91 Å². The molecule has 3 rings (SSSR count). The van der Waals surface area contributed by atoms with Crippen molar-refractivity contribution in [2.45, 2.75) is 19.4 Å². The van der Waals surface area contributed by atoms with Crippen LogP contribution in [0.1, 0.15) is 21.5 Å². The van der Waals surface area contributed by atoms with Crippen molar-refractivity contribution in [1.29, 1.82) is 0 Å². The van der Waals surface area contributed by atoms with Crippen LogP contribution in [0.2, 0.25) is 0 Å². The van der Waals surface area contributed by atoms with Crippen LogP contribution in [0.25, 0.3) is 0 Å². The average Bonchev–Trinajstić information content (AvgIpc) is 2.87. The van der Waals surface area contributed by atoms with E-state index in [9.17, 15) is 9.90 Å². The summed E-state index contributed by atoms with van der Waals surface area (Å²) in [4.78, 5) is 12.2. The summed E-state index contributed by atoms with van der Waals surface area (Å²) in [5.41, 5.74) is 2.50. The molecule has 0 spiro atoms. The Morgan fingerprint density at radius 3 is 2.90 bits per heavy atom. The number of phenolic OH excluding ortho intramolecular Hbond substituents is 1. The molecule has 21 heavy (non-hydrogen) atoms. The van der Waals surface area contributed by atoms with E-state index in [1.165, 1.54) is 11.6 Å². The van der Waals surface area contributed by atoms with Crippen LogP contribution in [0, 0.1) is 6.92 Å². The first-order valence-corrected chi connectivity index (χ1v) is 6.96. The maximum atomic E-state index is 12.2. The number of phenols is 1. The molecule has 0 saturated carbocycles. The second-order valence-electron chi connectivity index (χ2n) is 5.26. The highest BCUT2D eigenvalue weighted by Crippen LogP contribution is 2.27. The monoisotopic (exact) mass is 283 g/mol. The molecule has 2 aromatic carbocycles. The van der Waals surface area contributed by atoms with Gasteiger partial charge in [-0.05, 0) is 42.3 Å². The fraction of sp³-hybridized carbons (Fsp3) is 0.235. The Hall–Kier alpha value is -2.49. The van der Waals surface area contributed by atoms with Crippen molar-refractivity contribution in [2.75, 3.05) is 6.54 Å². The number of benzene rings is 2. The van der Waals surface area contributed by atoms with E-state index < -0.39 is 0 Å². The van der Waals surface area contributed by atoms with Crippen molar-refractivity contribution in [3.63, 3.8) is 0 Å². The number of carbonyl (C=O) groups is 1. The SMILES string of the molecule is Cc1cc(O)ccc1C(=O)NCC1Cc2ccccc2O1. The predicted octanol–water partition coefficient (Wildman–Crippen LogP) is 2.43. The lowest BCUT2D eigenvalue weighted by atomic mass is 10.1. The number of nitrogens with one attached hydrogen (secondary N) is 1. The molecule has 2 aromatic rings. The number of para-hydroxylation sites is 1. The fourth-order valence-corrected chi connectivity index (χ4v) is 2.57. The summed E-state index contributed by atoms with van der Waals surface area (Å²) in [5.74, 6) is 0.920. The number of amides is 1. The van der Waals surface area contributed by atoms with Crippen LogP contribution >= 0.6 is 0 Å². The molecule has 0 saturated heterocycles. The predicted molar refractivity (Wildman–Crippen MR) is 79.7 cm³/mol. The lowest BCUT2D eigenvalue weighted by Crippen LogP contribution is -2.34. The maximum absolute atomic E-state index is 12.2. The minimum atomic E-state index is -0.146. The van der Waals surface area contributed by atoms with E-state index in [1.807, 2.05) is 24.3 Å². The molecule has 4 heteroatoms. The van der Waals surface area contributed by atoms with Gasteiger partial charge < -0.3 is 15.2 Å². The van der Waals surface area contributed by atoms with Gasteiger partial charge in [0.1, 0.15) is 17.6 Å². The molecular formula is C17H17NO3. The minimum Gasteiger partial charge on any atom is -0.508 e. The van der Waals surface area contributed by atoms with Crippen LogP contribution in [0.15, 0.2) is 42.5 Å². The molecule has 1 unspecified atom stereocenters. The standard InChI is InChI=1S/C17H17NO3/c1-11-8-13(19)6-7-15(11)17(20)18-10-14-9-12-4-2-3-5-16(12)21-14/h2-8,14,19H,9-10H2,1H3,(H,18,20). The Kier molecular flexibility index (Phi) is 3.52. The number of fused-ring (bicyclic) bond motifs is 1. The van der Waals surface area contributed by atoms with Crippen molar-refractivity contribution >= 4 is 5.91 Å². The van der Waals surface area contributed by atoms with Gasteiger partial charge >= 0.3 is 0 Å². The van der Waals surface area contributed by atoms with Crippen LogP contribution in [0.4, 0.5) is 0 Å². The summed E-state index contributed by atoms with van der Waals surface area (Å²) in [7, 11) is 0. The summed E-state index contributed by atoms with van der Waals surface area (Å²) >= 11 is 0. The van der Waals surface area contributed by atoms with Crippen LogP contribution in [-0.4, -0.2) is 23.7 Å². The van der Waals surface area contributed by atoms with Crippen molar-refractivity contribution < 1.29 is 14.6 Å². The summed E-state index contributed by atoms with van der Waals surface area (Å²) in [6, 6.07) is 12.6. The topological polar surface area (TPSA) is 58.6 Å². The minimum absolute atomic E-state index is 0.0243. The third-order valence-electron chi connectivity index (χ3n) is 3.66. The van der Waals surface area contributed by atoms with Gasteiger partial charge in [0, 0.05) is 12.0 Å². The van der Waals surface area contributed by atoms with Gasteiger partial charge in [-0.25, -0.2) is 0 Å². The lowest BCUT2D eigenvalue weighted by Gasteiger charge is -2.13. The number of hydrogen-bond acceptors (Lipinski definition) is 3. The van der Waals surface area contributed by atoms with E-state index >= 15 is 0 Å². The summed E-state index contributed by atoms with van der Waals surface area (Å²) in [5, 5.41) is 12.3.